The van der Waals surface area contributed by atoms with E-state index >= 15 is 0 Å². The topological polar surface area (TPSA) is 75.2 Å². The number of aryl methyl sites for hydroxylation is 2. The van der Waals surface area contributed by atoms with Crippen LogP contribution in [0.5, 0.6) is 0 Å². The molecule has 0 atom stereocenters. The van der Waals surface area contributed by atoms with Gasteiger partial charge in [0.1, 0.15) is 0 Å². The lowest BCUT2D eigenvalue weighted by Gasteiger charge is -2.15. The third-order valence-corrected chi connectivity index (χ3v) is 4.42. The standard InChI is InChI=1S/C18H22N4O2/c1-12-13(2)21-16-11-14(5-6-15(16)20-12)18(24)19-8-7-17(23)22-9-3-4-10-22/h5-6,11H,3-4,7-10H2,1-2H3,(H,19,24). The Balaban J connectivity index is 1.61. The quantitative estimate of drug-likeness (QED) is 0.932. The van der Waals surface area contributed by atoms with Crippen molar-refractivity contribution in [2.75, 3.05) is 19.6 Å². The van der Waals surface area contributed by atoms with Crippen LogP contribution >= 0.6 is 0 Å². The maximum absolute atomic E-state index is 12.3. The summed E-state index contributed by atoms with van der Waals surface area (Å²) in [6.07, 6.45) is 2.50. The maximum atomic E-state index is 12.3. The molecule has 1 aliphatic heterocycles. The zero-order valence-corrected chi connectivity index (χ0v) is 14.1. The van der Waals surface area contributed by atoms with Crippen LogP contribution in [0.15, 0.2) is 18.2 Å². The van der Waals surface area contributed by atoms with Gasteiger partial charge in [-0.15, -0.1) is 0 Å². The van der Waals surface area contributed by atoms with Gasteiger partial charge in [0.2, 0.25) is 5.91 Å². The number of benzene rings is 1. The number of likely N-dealkylation sites (tertiary alicyclic amines) is 1. The molecule has 24 heavy (non-hydrogen) atoms. The van der Waals surface area contributed by atoms with Crippen LogP contribution in [0.3, 0.4) is 0 Å². The van der Waals surface area contributed by atoms with Crippen LogP contribution < -0.4 is 5.32 Å². The normalized spacial score (nSPS) is 14.2. The van der Waals surface area contributed by atoms with Gasteiger partial charge in [-0.2, -0.15) is 0 Å². The molecule has 3 rings (SSSR count). The highest BCUT2D eigenvalue weighted by molar-refractivity contribution is 5.97. The Kier molecular flexibility index (Phi) is 4.74. The van der Waals surface area contributed by atoms with Crippen molar-refractivity contribution >= 4 is 22.8 Å². The van der Waals surface area contributed by atoms with E-state index in [1.807, 2.05) is 18.7 Å². The Morgan fingerprint density at radius 2 is 1.75 bits per heavy atom. The molecular weight excluding hydrogens is 304 g/mol. The van der Waals surface area contributed by atoms with Crippen LogP contribution in [0.1, 0.15) is 41.0 Å². The predicted molar refractivity (Wildman–Crippen MR) is 91.8 cm³/mol. The third kappa shape index (κ3) is 3.53. The molecule has 2 heterocycles. The largest absolute Gasteiger partial charge is 0.352 e. The predicted octanol–water partition coefficient (Wildman–Crippen LogP) is 1.99. The van der Waals surface area contributed by atoms with Gasteiger partial charge in [-0.1, -0.05) is 0 Å². The van der Waals surface area contributed by atoms with Gasteiger partial charge >= 0.3 is 0 Å². The van der Waals surface area contributed by atoms with Gasteiger partial charge in [0, 0.05) is 31.6 Å². The van der Waals surface area contributed by atoms with Gasteiger partial charge in [-0.3, -0.25) is 9.59 Å². The van der Waals surface area contributed by atoms with Gasteiger partial charge in [0.05, 0.1) is 22.4 Å². The first-order chi connectivity index (χ1) is 11.5. The van der Waals surface area contributed by atoms with Crippen LogP contribution in [0.25, 0.3) is 11.0 Å². The Hall–Kier alpha value is -2.50. The molecule has 2 amide bonds. The van der Waals surface area contributed by atoms with Crippen molar-refractivity contribution in [2.45, 2.75) is 33.1 Å². The highest BCUT2D eigenvalue weighted by atomic mass is 16.2. The van der Waals surface area contributed by atoms with E-state index in [0.717, 1.165) is 42.8 Å². The lowest BCUT2D eigenvalue weighted by molar-refractivity contribution is -0.129. The van der Waals surface area contributed by atoms with Crippen molar-refractivity contribution in [1.29, 1.82) is 0 Å². The Morgan fingerprint density at radius 3 is 2.46 bits per heavy atom. The van der Waals surface area contributed by atoms with E-state index in [4.69, 9.17) is 0 Å². The van der Waals surface area contributed by atoms with Gasteiger partial charge in [0.15, 0.2) is 0 Å². The molecule has 0 unspecified atom stereocenters. The molecule has 1 fully saturated rings. The molecule has 1 aliphatic rings. The molecule has 2 aromatic rings. The number of nitrogens with zero attached hydrogens (tertiary/aromatic N) is 3. The average Bonchev–Trinajstić information content (AvgIpc) is 3.10. The Bertz CT molecular complexity index is 782. The van der Waals surface area contributed by atoms with Gasteiger partial charge in [-0.05, 0) is 44.9 Å². The van der Waals surface area contributed by atoms with Crippen molar-refractivity contribution in [1.82, 2.24) is 20.2 Å². The summed E-state index contributed by atoms with van der Waals surface area (Å²) in [5.41, 5.74) is 3.77. The smallest absolute Gasteiger partial charge is 0.251 e. The van der Waals surface area contributed by atoms with Crippen LogP contribution in [-0.2, 0) is 4.79 Å². The summed E-state index contributed by atoms with van der Waals surface area (Å²) in [5.74, 6) is -0.0746. The van der Waals surface area contributed by atoms with E-state index in [9.17, 15) is 9.59 Å². The first-order valence-electron chi connectivity index (χ1n) is 8.35. The SMILES string of the molecule is Cc1nc2ccc(C(=O)NCCC(=O)N3CCCC3)cc2nc1C. The minimum absolute atomic E-state index is 0.114. The van der Waals surface area contributed by atoms with Crippen LogP contribution in [0.2, 0.25) is 0 Å². The summed E-state index contributed by atoms with van der Waals surface area (Å²) < 4.78 is 0. The lowest BCUT2D eigenvalue weighted by Crippen LogP contribution is -2.32. The summed E-state index contributed by atoms with van der Waals surface area (Å²) in [4.78, 5) is 35.0. The minimum Gasteiger partial charge on any atom is -0.352 e. The minimum atomic E-state index is -0.189. The maximum Gasteiger partial charge on any atom is 0.251 e. The molecular formula is C18H22N4O2. The molecule has 6 heteroatoms. The number of carbonyl (C=O) groups is 2. The number of aromatic nitrogens is 2. The summed E-state index contributed by atoms with van der Waals surface area (Å²) in [6.45, 7) is 5.85. The number of carbonyl (C=O) groups excluding carboxylic acids is 2. The summed E-state index contributed by atoms with van der Waals surface area (Å²) in [7, 11) is 0. The van der Waals surface area contributed by atoms with Gasteiger partial charge in [0.25, 0.3) is 5.91 Å². The zero-order chi connectivity index (χ0) is 17.1. The number of hydrogen-bond acceptors (Lipinski definition) is 4. The number of fused-ring (bicyclic) bond motifs is 1. The van der Waals surface area contributed by atoms with Crippen molar-refractivity contribution < 1.29 is 9.59 Å². The first kappa shape index (κ1) is 16.4. The molecule has 0 saturated carbocycles. The molecule has 0 bridgehead atoms. The van der Waals surface area contributed by atoms with Crippen LogP contribution in [0, 0.1) is 13.8 Å². The number of nitrogens with one attached hydrogen (secondary N) is 1. The fraction of sp³-hybridized carbons (Fsp3) is 0.444. The second-order valence-corrected chi connectivity index (χ2v) is 6.19. The van der Waals surface area contributed by atoms with Crippen molar-refractivity contribution in [2.24, 2.45) is 0 Å². The average molecular weight is 326 g/mol. The van der Waals surface area contributed by atoms with E-state index in [1.54, 1.807) is 18.2 Å². The molecule has 1 aromatic carbocycles. The van der Waals surface area contributed by atoms with Crippen molar-refractivity contribution in [3.05, 3.63) is 35.2 Å². The van der Waals surface area contributed by atoms with E-state index in [0.29, 0.717) is 24.0 Å². The van der Waals surface area contributed by atoms with E-state index in [2.05, 4.69) is 15.3 Å². The lowest BCUT2D eigenvalue weighted by atomic mass is 10.1. The number of hydrogen-bond donors (Lipinski definition) is 1. The molecule has 1 saturated heterocycles. The third-order valence-electron chi connectivity index (χ3n) is 4.42. The van der Waals surface area contributed by atoms with E-state index < -0.39 is 0 Å². The molecule has 0 radical (unpaired) electrons. The summed E-state index contributed by atoms with van der Waals surface area (Å²) >= 11 is 0. The van der Waals surface area contributed by atoms with Crippen LogP contribution in [-0.4, -0.2) is 46.3 Å². The molecule has 0 aliphatic carbocycles. The van der Waals surface area contributed by atoms with Crippen LogP contribution in [0.4, 0.5) is 0 Å². The van der Waals surface area contributed by atoms with Gasteiger partial charge in [-0.25, -0.2) is 9.97 Å². The second-order valence-electron chi connectivity index (χ2n) is 6.19. The summed E-state index contributed by atoms with van der Waals surface area (Å²) in [6, 6.07) is 5.29. The Morgan fingerprint density at radius 1 is 1.08 bits per heavy atom. The molecule has 1 N–H and O–H groups in total. The highest BCUT2D eigenvalue weighted by Gasteiger charge is 2.17. The molecule has 0 spiro atoms. The molecule has 1 aromatic heterocycles. The number of amides is 2. The summed E-state index contributed by atoms with van der Waals surface area (Å²) in [5, 5.41) is 2.81. The van der Waals surface area contributed by atoms with Gasteiger partial charge < -0.3 is 10.2 Å². The molecule has 6 nitrogen and oxygen atoms in total. The highest BCUT2D eigenvalue weighted by Crippen LogP contribution is 2.14. The first-order valence-corrected chi connectivity index (χ1v) is 8.35. The van der Waals surface area contributed by atoms with E-state index in [1.165, 1.54) is 0 Å². The van der Waals surface area contributed by atoms with Crippen molar-refractivity contribution in [3.8, 4) is 0 Å². The second kappa shape index (κ2) is 6.95. The zero-order valence-electron chi connectivity index (χ0n) is 14.1. The number of rotatable bonds is 4. The monoisotopic (exact) mass is 326 g/mol. The van der Waals surface area contributed by atoms with Crippen molar-refractivity contribution in [3.63, 3.8) is 0 Å². The van der Waals surface area contributed by atoms with E-state index in [-0.39, 0.29) is 11.8 Å². The Labute approximate surface area is 141 Å². The molecule has 126 valence electrons. The fourth-order valence-electron chi connectivity index (χ4n) is 2.88. The fourth-order valence-corrected chi connectivity index (χ4v) is 2.88.